The van der Waals surface area contributed by atoms with Gasteiger partial charge in [-0.15, -0.1) is 0 Å². The molecular formula is C14H13Cl2N3O2. The Morgan fingerprint density at radius 3 is 2.62 bits per heavy atom. The van der Waals surface area contributed by atoms with Gasteiger partial charge in [-0.25, -0.2) is 4.98 Å². The Kier molecular flexibility index (Phi) is 3.87. The maximum Gasteiger partial charge on any atom is 0.258 e. The van der Waals surface area contributed by atoms with E-state index >= 15 is 0 Å². The molecule has 2 heterocycles. The number of amides is 1. The molecule has 5 nitrogen and oxygen atoms in total. The number of aromatic amines is 1. The van der Waals surface area contributed by atoms with Gasteiger partial charge in [-0.05, 0) is 25.0 Å². The van der Waals surface area contributed by atoms with E-state index in [-0.39, 0.29) is 17.9 Å². The molecule has 0 spiro atoms. The van der Waals surface area contributed by atoms with E-state index in [1.54, 1.807) is 4.90 Å². The van der Waals surface area contributed by atoms with Crippen molar-refractivity contribution in [1.29, 1.82) is 0 Å². The molecule has 3 rings (SSSR count). The van der Waals surface area contributed by atoms with Gasteiger partial charge < -0.3 is 9.88 Å². The Morgan fingerprint density at radius 1 is 1.24 bits per heavy atom. The second kappa shape index (κ2) is 5.66. The lowest BCUT2D eigenvalue weighted by molar-refractivity contribution is -0.129. The average molecular weight is 326 g/mol. The van der Waals surface area contributed by atoms with Gasteiger partial charge in [-0.3, -0.25) is 9.59 Å². The number of hydrogen-bond acceptors (Lipinski definition) is 3. The van der Waals surface area contributed by atoms with Crippen LogP contribution in [-0.2, 0) is 11.2 Å². The maximum atomic E-state index is 12.1. The minimum atomic E-state index is -0.317. The Labute approximate surface area is 130 Å². The molecule has 0 unspecified atom stereocenters. The van der Waals surface area contributed by atoms with E-state index in [2.05, 4.69) is 9.97 Å². The number of likely N-dealkylation sites (tertiary alicyclic amines) is 1. The SMILES string of the molecule is O=C(Cc1nc2cc(Cl)c(Cl)cc2c(=O)[nH]1)N1CCCC1. The topological polar surface area (TPSA) is 66.1 Å². The molecule has 21 heavy (non-hydrogen) atoms. The Balaban J connectivity index is 1.94. The Morgan fingerprint density at radius 2 is 1.90 bits per heavy atom. The number of hydrogen-bond donors (Lipinski definition) is 1. The molecule has 1 aromatic carbocycles. The van der Waals surface area contributed by atoms with Gasteiger partial charge in [0, 0.05) is 13.1 Å². The molecule has 7 heteroatoms. The van der Waals surface area contributed by atoms with E-state index in [9.17, 15) is 9.59 Å². The molecule has 1 fully saturated rings. The molecule has 1 amide bonds. The smallest absolute Gasteiger partial charge is 0.258 e. The summed E-state index contributed by atoms with van der Waals surface area (Å²) in [5.41, 5.74) is 0.125. The van der Waals surface area contributed by atoms with Crippen LogP contribution in [0.2, 0.25) is 10.0 Å². The highest BCUT2D eigenvalue weighted by Crippen LogP contribution is 2.25. The first-order valence-corrected chi connectivity index (χ1v) is 7.46. The lowest BCUT2D eigenvalue weighted by Crippen LogP contribution is -2.30. The first-order valence-electron chi connectivity index (χ1n) is 6.70. The molecule has 1 saturated heterocycles. The largest absolute Gasteiger partial charge is 0.342 e. The van der Waals surface area contributed by atoms with Crippen molar-refractivity contribution in [1.82, 2.24) is 14.9 Å². The zero-order valence-electron chi connectivity index (χ0n) is 11.2. The zero-order chi connectivity index (χ0) is 15.0. The van der Waals surface area contributed by atoms with E-state index in [1.807, 2.05) is 0 Å². The van der Waals surface area contributed by atoms with Crippen molar-refractivity contribution < 1.29 is 4.79 Å². The van der Waals surface area contributed by atoms with Crippen molar-refractivity contribution in [2.24, 2.45) is 0 Å². The average Bonchev–Trinajstić information content (AvgIpc) is 2.95. The van der Waals surface area contributed by atoms with Crippen LogP contribution in [0.15, 0.2) is 16.9 Å². The Bertz CT molecular complexity index is 767. The van der Waals surface area contributed by atoms with Gasteiger partial charge in [-0.2, -0.15) is 0 Å². The predicted octanol–water partition coefficient (Wildman–Crippen LogP) is 2.39. The number of benzene rings is 1. The summed E-state index contributed by atoms with van der Waals surface area (Å²) < 4.78 is 0. The molecule has 1 aliphatic heterocycles. The highest BCUT2D eigenvalue weighted by Gasteiger charge is 2.19. The zero-order valence-corrected chi connectivity index (χ0v) is 12.7. The first-order chi connectivity index (χ1) is 10.0. The second-order valence-electron chi connectivity index (χ2n) is 5.06. The van der Waals surface area contributed by atoms with Crippen LogP contribution in [0.1, 0.15) is 18.7 Å². The van der Waals surface area contributed by atoms with E-state index in [4.69, 9.17) is 23.2 Å². The van der Waals surface area contributed by atoms with Crippen molar-refractivity contribution in [3.05, 3.63) is 38.4 Å². The van der Waals surface area contributed by atoms with Crippen LogP contribution in [0, 0.1) is 0 Å². The molecule has 0 aliphatic carbocycles. The molecule has 2 aromatic rings. The number of aromatic nitrogens is 2. The van der Waals surface area contributed by atoms with Crippen molar-refractivity contribution in [2.75, 3.05) is 13.1 Å². The van der Waals surface area contributed by atoms with E-state index in [1.165, 1.54) is 12.1 Å². The van der Waals surface area contributed by atoms with Gasteiger partial charge in [0.2, 0.25) is 5.91 Å². The summed E-state index contributed by atoms with van der Waals surface area (Å²) in [5.74, 6) is 0.331. The van der Waals surface area contributed by atoms with Crippen LogP contribution in [-0.4, -0.2) is 33.9 Å². The summed E-state index contributed by atoms with van der Waals surface area (Å²) in [6.07, 6.45) is 2.15. The van der Waals surface area contributed by atoms with Crippen LogP contribution in [0.3, 0.4) is 0 Å². The second-order valence-corrected chi connectivity index (χ2v) is 5.88. The van der Waals surface area contributed by atoms with Crippen molar-refractivity contribution in [2.45, 2.75) is 19.3 Å². The van der Waals surface area contributed by atoms with Gasteiger partial charge >= 0.3 is 0 Å². The van der Waals surface area contributed by atoms with Gasteiger partial charge in [0.15, 0.2) is 0 Å². The number of H-pyrrole nitrogens is 1. The number of rotatable bonds is 2. The molecule has 0 radical (unpaired) electrons. The highest BCUT2D eigenvalue weighted by atomic mass is 35.5. The summed E-state index contributed by atoms with van der Waals surface area (Å²) >= 11 is 11.8. The molecule has 0 atom stereocenters. The number of nitrogens with one attached hydrogen (secondary N) is 1. The quantitative estimate of drug-likeness (QED) is 0.921. The normalized spacial score (nSPS) is 14.9. The summed E-state index contributed by atoms with van der Waals surface area (Å²) in [5, 5.41) is 0.998. The number of carbonyl (C=O) groups is 1. The van der Waals surface area contributed by atoms with Gasteiger partial charge in [0.1, 0.15) is 5.82 Å². The van der Waals surface area contributed by atoms with Crippen molar-refractivity contribution in [3.8, 4) is 0 Å². The van der Waals surface area contributed by atoms with Crippen LogP contribution in [0.4, 0.5) is 0 Å². The molecule has 0 bridgehead atoms. The molecule has 1 aliphatic rings. The highest BCUT2D eigenvalue weighted by molar-refractivity contribution is 6.42. The van der Waals surface area contributed by atoms with Crippen LogP contribution in [0.25, 0.3) is 10.9 Å². The van der Waals surface area contributed by atoms with Crippen molar-refractivity contribution in [3.63, 3.8) is 0 Å². The summed E-state index contributed by atoms with van der Waals surface area (Å²) in [6.45, 7) is 1.55. The predicted molar refractivity (Wildman–Crippen MR) is 81.9 cm³/mol. The van der Waals surface area contributed by atoms with E-state index in [0.29, 0.717) is 26.8 Å². The van der Waals surface area contributed by atoms with E-state index < -0.39 is 0 Å². The molecule has 1 N–H and O–H groups in total. The fourth-order valence-electron chi connectivity index (χ4n) is 2.49. The fraction of sp³-hybridized carbons (Fsp3) is 0.357. The molecule has 1 aromatic heterocycles. The summed E-state index contributed by atoms with van der Waals surface area (Å²) in [7, 11) is 0. The lowest BCUT2D eigenvalue weighted by atomic mass is 10.2. The van der Waals surface area contributed by atoms with E-state index in [0.717, 1.165) is 25.9 Å². The van der Waals surface area contributed by atoms with Crippen LogP contribution in [0.5, 0.6) is 0 Å². The third-order valence-corrected chi connectivity index (χ3v) is 4.30. The van der Waals surface area contributed by atoms with Crippen LogP contribution >= 0.6 is 23.2 Å². The number of carbonyl (C=O) groups excluding carboxylic acids is 1. The Hall–Kier alpha value is -1.59. The number of halogens is 2. The first kappa shape index (κ1) is 14.4. The molecule has 0 saturated carbocycles. The van der Waals surface area contributed by atoms with Gasteiger partial charge in [0.05, 0.1) is 27.4 Å². The van der Waals surface area contributed by atoms with Crippen molar-refractivity contribution >= 4 is 40.0 Å². The van der Waals surface area contributed by atoms with Gasteiger partial charge in [0.25, 0.3) is 5.56 Å². The van der Waals surface area contributed by atoms with Crippen LogP contribution < -0.4 is 5.56 Å². The standard InChI is InChI=1S/C14H13Cl2N3O2/c15-9-5-8-11(6-10(9)16)17-12(18-14(8)21)7-13(20)19-3-1-2-4-19/h5-6H,1-4,7H2,(H,17,18,21). The third-order valence-electron chi connectivity index (χ3n) is 3.57. The molecular weight excluding hydrogens is 313 g/mol. The third kappa shape index (κ3) is 2.89. The minimum Gasteiger partial charge on any atom is -0.342 e. The molecule has 110 valence electrons. The number of fused-ring (bicyclic) bond motifs is 1. The lowest BCUT2D eigenvalue weighted by Gasteiger charge is -2.14. The minimum absolute atomic E-state index is 0.0185. The summed E-state index contributed by atoms with van der Waals surface area (Å²) in [4.78, 5) is 32.9. The van der Waals surface area contributed by atoms with Gasteiger partial charge in [-0.1, -0.05) is 23.2 Å². The maximum absolute atomic E-state index is 12.1. The summed E-state index contributed by atoms with van der Waals surface area (Å²) in [6, 6.07) is 3.02. The fourth-order valence-corrected chi connectivity index (χ4v) is 2.81. The monoisotopic (exact) mass is 325 g/mol. The number of nitrogens with zero attached hydrogens (tertiary/aromatic N) is 2.